The van der Waals surface area contributed by atoms with Gasteiger partial charge in [0.25, 0.3) is 0 Å². The van der Waals surface area contributed by atoms with Crippen molar-refractivity contribution in [1.29, 1.82) is 0 Å². The lowest BCUT2D eigenvalue weighted by Gasteiger charge is -2.29. The largest absolute Gasteiger partial charge is 0.371 e. The van der Waals surface area contributed by atoms with Crippen LogP contribution in [0.5, 0.6) is 0 Å². The van der Waals surface area contributed by atoms with Crippen LogP contribution in [0.25, 0.3) is 0 Å². The van der Waals surface area contributed by atoms with Crippen LogP contribution in [0.1, 0.15) is 51.6 Å². The first kappa shape index (κ1) is 14.9. The molecule has 0 amide bonds. The first-order valence-electron chi connectivity index (χ1n) is 7.31. The Morgan fingerprint density at radius 3 is 2.58 bits per heavy atom. The summed E-state index contributed by atoms with van der Waals surface area (Å²) in [6, 6.07) is 6.58. The highest BCUT2D eigenvalue weighted by atomic mass is 79.9. The van der Waals surface area contributed by atoms with Gasteiger partial charge in [-0.2, -0.15) is 0 Å². The first-order valence-corrected chi connectivity index (χ1v) is 8.10. The Morgan fingerprint density at radius 1 is 1.37 bits per heavy atom. The summed E-state index contributed by atoms with van der Waals surface area (Å²) in [6.45, 7) is 9.03. The minimum atomic E-state index is 0.0748. The summed E-state index contributed by atoms with van der Waals surface area (Å²) >= 11 is 3.55. The van der Waals surface area contributed by atoms with Crippen molar-refractivity contribution in [2.75, 3.05) is 18.0 Å². The molecule has 3 heteroatoms. The second-order valence-corrected chi connectivity index (χ2v) is 6.79. The fourth-order valence-corrected chi connectivity index (χ4v) is 3.52. The number of nitrogens with zero attached hydrogens (tertiary/aromatic N) is 1. The maximum Gasteiger partial charge on any atom is 0.0415 e. The van der Waals surface area contributed by atoms with E-state index in [2.05, 4.69) is 59.8 Å². The Labute approximate surface area is 125 Å². The normalized spacial score (nSPS) is 19.7. The van der Waals surface area contributed by atoms with Crippen LogP contribution in [0, 0.1) is 5.41 Å². The van der Waals surface area contributed by atoms with Crippen molar-refractivity contribution in [3.05, 3.63) is 28.2 Å². The molecule has 0 spiro atoms. The summed E-state index contributed by atoms with van der Waals surface area (Å²) in [7, 11) is 0. The third-order valence-electron chi connectivity index (χ3n) is 4.76. The lowest BCUT2D eigenvalue weighted by molar-refractivity contribution is 0.301. The molecule has 1 aromatic rings. The molecule has 0 aromatic heterocycles. The monoisotopic (exact) mass is 324 g/mol. The zero-order chi connectivity index (χ0) is 14.0. The topological polar surface area (TPSA) is 29.3 Å². The average molecular weight is 325 g/mol. The molecule has 2 nitrogen and oxygen atoms in total. The number of benzene rings is 1. The number of rotatable bonds is 4. The van der Waals surface area contributed by atoms with Crippen LogP contribution in [-0.4, -0.2) is 13.1 Å². The molecule has 1 saturated heterocycles. The van der Waals surface area contributed by atoms with Crippen molar-refractivity contribution in [3.8, 4) is 0 Å². The van der Waals surface area contributed by atoms with Gasteiger partial charge in [-0.05, 0) is 55.4 Å². The molecule has 19 heavy (non-hydrogen) atoms. The predicted octanol–water partition coefficient (Wildman–Crippen LogP) is 4.49. The van der Waals surface area contributed by atoms with Crippen molar-refractivity contribution in [3.63, 3.8) is 0 Å². The SMILES string of the molecule is CCC1(CC)CCN(c2ccc(Br)cc2C(C)N)C1. The van der Waals surface area contributed by atoms with Crippen molar-refractivity contribution >= 4 is 21.6 Å². The Bertz CT molecular complexity index is 438. The molecule has 2 N–H and O–H groups in total. The molecule has 1 fully saturated rings. The van der Waals surface area contributed by atoms with E-state index >= 15 is 0 Å². The van der Waals surface area contributed by atoms with Gasteiger partial charge in [-0.1, -0.05) is 29.8 Å². The van der Waals surface area contributed by atoms with Gasteiger partial charge in [0, 0.05) is 29.3 Å². The maximum atomic E-state index is 6.14. The van der Waals surface area contributed by atoms with Crippen molar-refractivity contribution in [1.82, 2.24) is 0 Å². The molecule has 2 rings (SSSR count). The molecule has 1 aliphatic heterocycles. The van der Waals surface area contributed by atoms with Crippen LogP contribution in [0.2, 0.25) is 0 Å². The van der Waals surface area contributed by atoms with Gasteiger partial charge in [-0.15, -0.1) is 0 Å². The molecule has 0 aliphatic carbocycles. The third-order valence-corrected chi connectivity index (χ3v) is 5.25. The maximum absolute atomic E-state index is 6.14. The molecule has 106 valence electrons. The molecular formula is C16H25BrN2. The highest BCUT2D eigenvalue weighted by molar-refractivity contribution is 9.10. The van der Waals surface area contributed by atoms with Crippen LogP contribution < -0.4 is 10.6 Å². The molecule has 1 heterocycles. The van der Waals surface area contributed by atoms with E-state index < -0.39 is 0 Å². The number of nitrogens with two attached hydrogens (primary N) is 1. The van der Waals surface area contributed by atoms with Gasteiger partial charge in [0.15, 0.2) is 0 Å². The molecule has 0 radical (unpaired) electrons. The zero-order valence-corrected chi connectivity index (χ0v) is 13.8. The second kappa shape index (κ2) is 5.84. The molecule has 1 aliphatic rings. The van der Waals surface area contributed by atoms with Crippen LogP contribution in [-0.2, 0) is 0 Å². The Hall–Kier alpha value is -0.540. The molecule has 0 bridgehead atoms. The Kier molecular flexibility index (Phi) is 4.57. The van der Waals surface area contributed by atoms with Crippen LogP contribution >= 0.6 is 15.9 Å². The van der Waals surface area contributed by atoms with Crippen LogP contribution in [0.3, 0.4) is 0 Å². The van der Waals surface area contributed by atoms with E-state index in [9.17, 15) is 0 Å². The number of halogens is 1. The van der Waals surface area contributed by atoms with E-state index in [1.165, 1.54) is 37.1 Å². The fourth-order valence-electron chi connectivity index (χ4n) is 3.15. The van der Waals surface area contributed by atoms with E-state index in [1.807, 2.05) is 0 Å². The highest BCUT2D eigenvalue weighted by Crippen LogP contribution is 2.41. The summed E-state index contributed by atoms with van der Waals surface area (Å²) < 4.78 is 1.11. The van der Waals surface area contributed by atoms with Crippen LogP contribution in [0.15, 0.2) is 22.7 Å². The first-order chi connectivity index (χ1) is 9.01. The van der Waals surface area contributed by atoms with Crippen LogP contribution in [0.4, 0.5) is 5.69 Å². The van der Waals surface area contributed by atoms with E-state index in [0.29, 0.717) is 5.41 Å². The lowest BCUT2D eigenvalue weighted by Crippen LogP contribution is -2.27. The van der Waals surface area contributed by atoms with E-state index in [-0.39, 0.29) is 6.04 Å². The number of hydrogen-bond donors (Lipinski definition) is 1. The second-order valence-electron chi connectivity index (χ2n) is 5.87. The minimum Gasteiger partial charge on any atom is -0.371 e. The predicted molar refractivity (Wildman–Crippen MR) is 86.6 cm³/mol. The highest BCUT2D eigenvalue weighted by Gasteiger charge is 2.35. The Balaban J connectivity index is 2.29. The van der Waals surface area contributed by atoms with E-state index in [4.69, 9.17) is 5.73 Å². The van der Waals surface area contributed by atoms with Gasteiger partial charge in [0.05, 0.1) is 0 Å². The van der Waals surface area contributed by atoms with Gasteiger partial charge >= 0.3 is 0 Å². The molecule has 1 aromatic carbocycles. The molecule has 1 unspecified atom stereocenters. The quantitative estimate of drug-likeness (QED) is 0.884. The summed E-state index contributed by atoms with van der Waals surface area (Å²) in [5.41, 5.74) is 9.21. The fraction of sp³-hybridized carbons (Fsp3) is 0.625. The molecule has 1 atom stereocenters. The summed E-state index contributed by atoms with van der Waals surface area (Å²) in [5, 5.41) is 0. The zero-order valence-electron chi connectivity index (χ0n) is 12.2. The van der Waals surface area contributed by atoms with Crippen molar-refractivity contribution in [2.24, 2.45) is 11.1 Å². The van der Waals surface area contributed by atoms with Gasteiger partial charge in [0.2, 0.25) is 0 Å². The summed E-state index contributed by atoms with van der Waals surface area (Å²) in [6.07, 6.45) is 3.84. The van der Waals surface area contributed by atoms with Gasteiger partial charge in [-0.25, -0.2) is 0 Å². The average Bonchev–Trinajstić information content (AvgIpc) is 2.83. The molecular weight excluding hydrogens is 300 g/mol. The smallest absolute Gasteiger partial charge is 0.0415 e. The van der Waals surface area contributed by atoms with Crippen molar-refractivity contribution in [2.45, 2.75) is 46.1 Å². The Morgan fingerprint density at radius 2 is 2.05 bits per heavy atom. The lowest BCUT2D eigenvalue weighted by atomic mass is 9.82. The minimum absolute atomic E-state index is 0.0748. The number of anilines is 1. The van der Waals surface area contributed by atoms with E-state index in [0.717, 1.165) is 11.0 Å². The summed E-state index contributed by atoms with van der Waals surface area (Å²) in [5.74, 6) is 0. The van der Waals surface area contributed by atoms with E-state index in [1.54, 1.807) is 0 Å². The third kappa shape index (κ3) is 2.97. The number of hydrogen-bond acceptors (Lipinski definition) is 2. The van der Waals surface area contributed by atoms with Gasteiger partial charge in [0.1, 0.15) is 0 Å². The summed E-state index contributed by atoms with van der Waals surface area (Å²) in [4.78, 5) is 2.53. The van der Waals surface area contributed by atoms with Gasteiger partial charge < -0.3 is 10.6 Å². The van der Waals surface area contributed by atoms with Crippen molar-refractivity contribution < 1.29 is 0 Å². The van der Waals surface area contributed by atoms with Gasteiger partial charge in [-0.3, -0.25) is 0 Å². The standard InChI is InChI=1S/C16H25BrN2/c1-4-16(5-2)8-9-19(11-16)15-7-6-13(17)10-14(15)12(3)18/h6-7,10,12H,4-5,8-9,11,18H2,1-3H3. The molecule has 0 saturated carbocycles.